The number of sulfone groups is 1. The second-order valence-corrected chi connectivity index (χ2v) is 6.68. The molecule has 2 atom stereocenters. The number of halogens is 1. The van der Waals surface area contributed by atoms with Crippen LogP contribution in [-0.4, -0.2) is 50.9 Å². The van der Waals surface area contributed by atoms with E-state index in [1.807, 2.05) is 0 Å². The third kappa shape index (κ3) is 7.75. The Bertz CT molecular complexity index is 304. The van der Waals surface area contributed by atoms with E-state index in [4.69, 9.17) is 0 Å². The number of carbonyl (C=O) groups is 1. The van der Waals surface area contributed by atoms with Crippen LogP contribution >= 0.6 is 15.9 Å². The summed E-state index contributed by atoms with van der Waals surface area (Å²) in [5.41, 5.74) is 0. The van der Waals surface area contributed by atoms with Crippen LogP contribution in [0.3, 0.4) is 0 Å². The van der Waals surface area contributed by atoms with Gasteiger partial charge in [0, 0.05) is 18.8 Å². The summed E-state index contributed by atoms with van der Waals surface area (Å²) in [6.07, 6.45) is 1.18. The summed E-state index contributed by atoms with van der Waals surface area (Å²) in [5, 5.41) is 2.93. The lowest BCUT2D eigenvalue weighted by Crippen LogP contribution is -2.38. The van der Waals surface area contributed by atoms with E-state index in [1.165, 1.54) is 13.4 Å². The van der Waals surface area contributed by atoms with Crippen LogP contribution in [0.5, 0.6) is 0 Å². The first-order valence-electron chi connectivity index (χ1n) is 4.39. The molecule has 0 amide bonds. The second kappa shape index (κ2) is 6.44. The fraction of sp³-hybridized carbons (Fsp3) is 0.875. The van der Waals surface area contributed by atoms with Gasteiger partial charge >= 0.3 is 5.97 Å². The van der Waals surface area contributed by atoms with E-state index in [0.29, 0.717) is 6.54 Å². The molecule has 7 heteroatoms. The molecular formula is C8H16BrNO4S. The van der Waals surface area contributed by atoms with Crippen LogP contribution in [-0.2, 0) is 19.4 Å². The van der Waals surface area contributed by atoms with Crippen LogP contribution < -0.4 is 5.32 Å². The zero-order valence-electron chi connectivity index (χ0n) is 8.99. The molecule has 0 aliphatic carbocycles. The normalized spacial score (nSPS) is 15.7. The molecule has 2 unspecified atom stereocenters. The Labute approximate surface area is 98.6 Å². The number of methoxy groups -OCH3 is 1. The van der Waals surface area contributed by atoms with Crippen molar-refractivity contribution in [2.45, 2.75) is 17.8 Å². The molecule has 0 aromatic rings. The van der Waals surface area contributed by atoms with Gasteiger partial charge in [0.25, 0.3) is 0 Å². The van der Waals surface area contributed by atoms with E-state index in [-0.39, 0.29) is 17.8 Å². The predicted molar refractivity (Wildman–Crippen MR) is 61.9 cm³/mol. The van der Waals surface area contributed by atoms with E-state index in [9.17, 15) is 13.2 Å². The van der Waals surface area contributed by atoms with Crippen LogP contribution in [0.4, 0.5) is 0 Å². The standard InChI is InChI=1S/C8H16BrNO4S/c1-6(5-15(3,12)13)10-4-7(9)8(11)14-2/h6-7,10H,4-5H2,1-3H3. The number of rotatable bonds is 6. The number of alkyl halides is 1. The Kier molecular flexibility index (Phi) is 6.38. The minimum Gasteiger partial charge on any atom is -0.468 e. The van der Waals surface area contributed by atoms with Gasteiger partial charge in [0.2, 0.25) is 0 Å². The largest absolute Gasteiger partial charge is 0.468 e. The zero-order valence-corrected chi connectivity index (χ0v) is 11.4. The monoisotopic (exact) mass is 301 g/mol. The molecule has 0 aliphatic rings. The maximum absolute atomic E-state index is 11.0. The van der Waals surface area contributed by atoms with Crippen LogP contribution in [0.2, 0.25) is 0 Å². The summed E-state index contributed by atoms with van der Waals surface area (Å²) in [5.74, 6) is -0.331. The van der Waals surface area contributed by atoms with Crippen LogP contribution in [0.15, 0.2) is 0 Å². The first-order chi connectivity index (χ1) is 6.76. The molecule has 0 aliphatic heterocycles. The highest BCUT2D eigenvalue weighted by Crippen LogP contribution is 2.01. The SMILES string of the molecule is COC(=O)C(Br)CNC(C)CS(C)(=O)=O. The highest BCUT2D eigenvalue weighted by atomic mass is 79.9. The third-order valence-electron chi connectivity index (χ3n) is 1.66. The van der Waals surface area contributed by atoms with Crippen molar-refractivity contribution in [1.82, 2.24) is 5.32 Å². The molecule has 0 aromatic heterocycles. The Balaban J connectivity index is 3.91. The van der Waals surface area contributed by atoms with Crippen molar-refractivity contribution in [2.24, 2.45) is 0 Å². The van der Waals surface area contributed by atoms with Gasteiger partial charge < -0.3 is 10.1 Å². The fourth-order valence-electron chi connectivity index (χ4n) is 1.03. The summed E-state index contributed by atoms with van der Waals surface area (Å²) >= 11 is 3.13. The van der Waals surface area contributed by atoms with Crippen molar-refractivity contribution in [3.63, 3.8) is 0 Å². The molecule has 0 bridgehead atoms. The topological polar surface area (TPSA) is 72.5 Å². The number of ether oxygens (including phenoxy) is 1. The van der Waals surface area contributed by atoms with Crippen LogP contribution in [0, 0.1) is 0 Å². The molecule has 0 spiro atoms. The van der Waals surface area contributed by atoms with Crippen molar-refractivity contribution in [3.8, 4) is 0 Å². The van der Waals surface area contributed by atoms with Gasteiger partial charge in [-0.3, -0.25) is 4.79 Å². The van der Waals surface area contributed by atoms with Crippen LogP contribution in [0.25, 0.3) is 0 Å². The van der Waals surface area contributed by atoms with E-state index in [0.717, 1.165) is 0 Å². The Hall–Kier alpha value is -0.140. The highest BCUT2D eigenvalue weighted by molar-refractivity contribution is 9.10. The Morgan fingerprint density at radius 2 is 2.07 bits per heavy atom. The van der Waals surface area contributed by atoms with Gasteiger partial charge in [0.15, 0.2) is 0 Å². The molecule has 0 saturated carbocycles. The molecular weight excluding hydrogens is 286 g/mol. The summed E-state index contributed by atoms with van der Waals surface area (Å²) in [6.45, 7) is 2.08. The van der Waals surface area contributed by atoms with Gasteiger partial charge in [-0.05, 0) is 6.92 Å². The third-order valence-corrected chi connectivity index (χ3v) is 3.46. The van der Waals surface area contributed by atoms with Gasteiger partial charge in [-0.15, -0.1) is 0 Å². The lowest BCUT2D eigenvalue weighted by molar-refractivity contribution is -0.139. The predicted octanol–water partition coefficient (Wildman–Crippen LogP) is -0.0544. The minimum absolute atomic E-state index is 0.0495. The number of carbonyl (C=O) groups excluding carboxylic acids is 1. The average molecular weight is 302 g/mol. The summed E-state index contributed by atoms with van der Waals surface area (Å²) in [7, 11) is -1.69. The summed E-state index contributed by atoms with van der Waals surface area (Å²) in [6, 6.07) is -0.190. The van der Waals surface area contributed by atoms with Crippen molar-refractivity contribution < 1.29 is 17.9 Å². The van der Waals surface area contributed by atoms with E-state index >= 15 is 0 Å². The van der Waals surface area contributed by atoms with Crippen molar-refractivity contribution in [1.29, 1.82) is 0 Å². The lowest BCUT2D eigenvalue weighted by atomic mass is 10.3. The molecule has 0 aromatic carbocycles. The number of hydrogen-bond acceptors (Lipinski definition) is 5. The summed E-state index contributed by atoms with van der Waals surface area (Å²) < 4.78 is 26.4. The maximum Gasteiger partial charge on any atom is 0.320 e. The van der Waals surface area contributed by atoms with Gasteiger partial charge in [-0.2, -0.15) is 0 Å². The smallest absolute Gasteiger partial charge is 0.320 e. The van der Waals surface area contributed by atoms with Gasteiger partial charge in [-0.25, -0.2) is 8.42 Å². The van der Waals surface area contributed by atoms with Crippen LogP contribution in [0.1, 0.15) is 6.92 Å². The van der Waals surface area contributed by atoms with E-state index in [2.05, 4.69) is 26.0 Å². The summed E-state index contributed by atoms with van der Waals surface area (Å²) in [4.78, 5) is 10.5. The second-order valence-electron chi connectivity index (χ2n) is 3.39. The average Bonchev–Trinajstić information content (AvgIpc) is 2.10. The fourth-order valence-corrected chi connectivity index (χ4v) is 2.43. The van der Waals surface area contributed by atoms with Gasteiger partial charge in [0.05, 0.1) is 12.9 Å². The first kappa shape index (κ1) is 14.9. The Morgan fingerprint density at radius 3 is 2.47 bits per heavy atom. The van der Waals surface area contributed by atoms with Crippen molar-refractivity contribution in [3.05, 3.63) is 0 Å². The molecule has 90 valence electrons. The molecule has 0 saturated heterocycles. The Morgan fingerprint density at radius 1 is 1.53 bits per heavy atom. The van der Waals surface area contributed by atoms with E-state index in [1.54, 1.807) is 6.92 Å². The van der Waals surface area contributed by atoms with E-state index < -0.39 is 14.7 Å². The van der Waals surface area contributed by atoms with Crippen molar-refractivity contribution in [2.75, 3.05) is 25.7 Å². The quantitative estimate of drug-likeness (QED) is 0.550. The first-order valence-corrected chi connectivity index (χ1v) is 7.37. The maximum atomic E-state index is 11.0. The number of hydrogen-bond donors (Lipinski definition) is 1. The minimum atomic E-state index is -2.99. The molecule has 15 heavy (non-hydrogen) atoms. The molecule has 0 heterocycles. The molecule has 1 N–H and O–H groups in total. The lowest BCUT2D eigenvalue weighted by Gasteiger charge is -2.14. The number of esters is 1. The zero-order chi connectivity index (χ0) is 12.1. The molecule has 0 rings (SSSR count). The molecule has 0 radical (unpaired) electrons. The highest BCUT2D eigenvalue weighted by Gasteiger charge is 2.17. The number of nitrogens with one attached hydrogen (secondary N) is 1. The molecule has 0 fully saturated rings. The van der Waals surface area contributed by atoms with Gasteiger partial charge in [0.1, 0.15) is 14.7 Å². The van der Waals surface area contributed by atoms with Gasteiger partial charge in [-0.1, -0.05) is 15.9 Å². The molecule has 5 nitrogen and oxygen atoms in total. The van der Waals surface area contributed by atoms with Crippen molar-refractivity contribution >= 4 is 31.7 Å².